The summed E-state index contributed by atoms with van der Waals surface area (Å²) in [4.78, 5) is 35.2. The van der Waals surface area contributed by atoms with E-state index < -0.39 is 29.9 Å². The largest absolute Gasteiger partial charge is 0.459 e. The van der Waals surface area contributed by atoms with Gasteiger partial charge in [0.1, 0.15) is 30.8 Å². The quantitative estimate of drug-likeness (QED) is 0.0545. The van der Waals surface area contributed by atoms with Crippen LogP contribution in [0.1, 0.15) is 87.8 Å². The second kappa shape index (κ2) is 21.9. The number of rotatable bonds is 21. The number of unbranched alkanes of at least 4 members (excludes halogenated alkanes) is 2. The topological polar surface area (TPSA) is 148 Å². The lowest BCUT2D eigenvalue weighted by Gasteiger charge is -2.59. The highest BCUT2D eigenvalue weighted by molar-refractivity contribution is 6.03. The summed E-state index contributed by atoms with van der Waals surface area (Å²) in [5, 5.41) is 27.4. The molecule has 6 rings (SSSR count). The molecule has 0 saturated heterocycles. The second-order valence-corrected chi connectivity index (χ2v) is 15.7. The third-order valence-electron chi connectivity index (χ3n) is 11.7. The molecule has 12 heteroatoms. The summed E-state index contributed by atoms with van der Waals surface area (Å²) in [6.07, 6.45) is 8.26. The minimum absolute atomic E-state index is 0.00737. The fraction of sp³-hybridized carbons (Fsp3) is 0.479. The van der Waals surface area contributed by atoms with Crippen LogP contribution in [0.2, 0.25) is 0 Å². The molecule has 6 unspecified atom stereocenters. The Balaban J connectivity index is 1.55. The summed E-state index contributed by atoms with van der Waals surface area (Å²) in [6.45, 7) is 9.26. The van der Waals surface area contributed by atoms with Gasteiger partial charge in [-0.15, -0.1) is 6.58 Å². The minimum Gasteiger partial charge on any atom is -0.459 e. The van der Waals surface area contributed by atoms with Crippen LogP contribution in [0.5, 0.6) is 11.5 Å². The Hall–Kier alpha value is -5.17. The molecule has 2 amide bonds. The molecule has 12 nitrogen and oxygen atoms in total. The molecule has 0 bridgehead atoms. The van der Waals surface area contributed by atoms with Gasteiger partial charge >= 0.3 is 12.2 Å². The first-order valence-corrected chi connectivity index (χ1v) is 21.5. The van der Waals surface area contributed by atoms with E-state index in [9.17, 15) is 19.8 Å². The zero-order chi connectivity index (χ0) is 42.3. The third kappa shape index (κ3) is 10.4. The molecule has 6 atom stereocenters. The number of carbonyl (C=O) groups is 2. The smallest absolute Gasteiger partial charge is 0.412 e. The molecule has 322 valence electrons. The Morgan fingerprint density at radius 3 is 2.32 bits per heavy atom. The monoisotopic (exact) mass is 823 g/mol. The zero-order valence-electron chi connectivity index (χ0n) is 35.0. The van der Waals surface area contributed by atoms with Gasteiger partial charge in [0.2, 0.25) is 5.79 Å². The van der Waals surface area contributed by atoms with Crippen LogP contribution in [0.15, 0.2) is 108 Å². The maximum absolute atomic E-state index is 14.5. The normalized spacial score (nSPS) is 23.3. The summed E-state index contributed by atoms with van der Waals surface area (Å²) < 4.78 is 26.2. The van der Waals surface area contributed by atoms with E-state index in [2.05, 4.69) is 18.0 Å². The predicted molar refractivity (Wildman–Crippen MR) is 230 cm³/mol. The Bertz CT molecular complexity index is 1920. The van der Waals surface area contributed by atoms with Crippen molar-refractivity contribution in [2.45, 2.75) is 96.2 Å². The fourth-order valence-corrected chi connectivity index (χ4v) is 9.18. The van der Waals surface area contributed by atoms with Crippen LogP contribution in [-0.2, 0) is 27.5 Å². The Morgan fingerprint density at radius 2 is 1.65 bits per heavy atom. The van der Waals surface area contributed by atoms with Crippen LogP contribution in [0, 0.1) is 17.8 Å². The molecule has 0 aromatic heterocycles. The van der Waals surface area contributed by atoms with E-state index in [1.54, 1.807) is 17.0 Å². The molecular weight excluding hydrogens is 763 g/mol. The van der Waals surface area contributed by atoms with E-state index in [4.69, 9.17) is 28.9 Å². The average Bonchev–Trinajstić information content (AvgIpc) is 3.26. The maximum Gasteiger partial charge on any atom is 0.412 e. The molecule has 0 radical (unpaired) electrons. The van der Waals surface area contributed by atoms with E-state index >= 15 is 0 Å². The number of hydrogen-bond donors (Lipinski definition) is 3. The molecule has 3 N–H and O–H groups in total. The SMILES string of the molecule is C=CCOC12Oc3ccc(OC(=O)NCC)cc3C3C(CCCCO)C(CCCCO)C=C(C(=NOCc4ccccc4)CC1N(CCC)C(=O)OCc1ccccc1)C32. The van der Waals surface area contributed by atoms with Crippen LogP contribution in [0.3, 0.4) is 0 Å². The number of ether oxygens (including phenoxy) is 4. The molecule has 3 aromatic carbocycles. The van der Waals surface area contributed by atoms with Gasteiger partial charge in [0.15, 0.2) is 0 Å². The van der Waals surface area contributed by atoms with E-state index in [-0.39, 0.29) is 57.2 Å². The number of allylic oxidation sites excluding steroid dienone is 1. The van der Waals surface area contributed by atoms with Gasteiger partial charge in [-0.2, -0.15) is 0 Å². The number of hydrogen-bond acceptors (Lipinski definition) is 10. The lowest BCUT2D eigenvalue weighted by molar-refractivity contribution is -0.255. The Labute approximate surface area is 354 Å². The summed E-state index contributed by atoms with van der Waals surface area (Å²) >= 11 is 0. The highest BCUT2D eigenvalue weighted by atomic mass is 16.7. The first kappa shape index (κ1) is 44.4. The number of aliphatic hydroxyl groups is 2. The van der Waals surface area contributed by atoms with Gasteiger partial charge in [0.05, 0.1) is 18.2 Å². The first-order chi connectivity index (χ1) is 29.4. The van der Waals surface area contributed by atoms with Gasteiger partial charge in [-0.3, -0.25) is 4.90 Å². The molecule has 0 spiro atoms. The summed E-state index contributed by atoms with van der Waals surface area (Å²) in [6, 6.07) is 24.1. The summed E-state index contributed by atoms with van der Waals surface area (Å²) in [7, 11) is 0. The standard InChI is InChI=1S/C48H61N3O9/c1-4-25-51(47(55)56-32-34-17-9-7-10-18-34)43-31-41(50-58-33-35-19-11-8-12-20-35)39-29-36(21-13-15-26-52)38(22-14-16-27-53)44-40-30-37(59-46(54)49-6-3)23-24-42(40)60-48(43,45(39)44)57-28-5-2/h5,7-12,17-20,23-24,29-30,36,38,43-45,52-53H,2,4,6,13-16,21-22,25-28,31-33H2,1,3H3,(H,49,54). The Kier molecular flexibility index (Phi) is 16.2. The highest BCUT2D eigenvalue weighted by Crippen LogP contribution is 2.62. The van der Waals surface area contributed by atoms with Crippen LogP contribution in [0.25, 0.3) is 0 Å². The number of benzene rings is 3. The lowest BCUT2D eigenvalue weighted by Crippen LogP contribution is -2.70. The van der Waals surface area contributed by atoms with Gasteiger partial charge in [0, 0.05) is 44.2 Å². The van der Waals surface area contributed by atoms with Crippen molar-refractivity contribution in [1.29, 1.82) is 0 Å². The van der Waals surface area contributed by atoms with E-state index in [0.717, 1.165) is 47.9 Å². The van der Waals surface area contributed by atoms with Crippen LogP contribution in [-0.4, -0.2) is 77.8 Å². The number of amides is 2. The van der Waals surface area contributed by atoms with Crippen LogP contribution < -0.4 is 14.8 Å². The van der Waals surface area contributed by atoms with Gasteiger partial charge < -0.3 is 39.3 Å². The summed E-state index contributed by atoms with van der Waals surface area (Å²) in [5.41, 5.74) is 4.28. The molecule has 1 heterocycles. The molecular formula is C48H61N3O9. The molecule has 1 saturated carbocycles. The van der Waals surface area contributed by atoms with Gasteiger partial charge in [-0.1, -0.05) is 97.7 Å². The molecule has 2 aliphatic carbocycles. The van der Waals surface area contributed by atoms with Crippen molar-refractivity contribution in [3.8, 4) is 11.5 Å². The number of nitrogens with zero attached hydrogens (tertiary/aromatic N) is 2. The zero-order valence-corrected chi connectivity index (χ0v) is 35.0. The van der Waals surface area contributed by atoms with E-state index in [1.165, 1.54) is 0 Å². The van der Waals surface area contributed by atoms with Crippen molar-refractivity contribution in [1.82, 2.24) is 10.2 Å². The number of fused-ring (bicyclic) bond motifs is 2. The van der Waals surface area contributed by atoms with Crippen LogP contribution >= 0.6 is 0 Å². The molecule has 3 aliphatic rings. The Morgan fingerprint density at radius 1 is 0.950 bits per heavy atom. The second-order valence-electron chi connectivity index (χ2n) is 15.7. The van der Waals surface area contributed by atoms with Crippen molar-refractivity contribution >= 4 is 17.9 Å². The van der Waals surface area contributed by atoms with Crippen molar-refractivity contribution < 1.29 is 43.6 Å². The molecule has 60 heavy (non-hydrogen) atoms. The predicted octanol–water partition coefficient (Wildman–Crippen LogP) is 8.68. The van der Waals surface area contributed by atoms with Crippen molar-refractivity contribution in [2.24, 2.45) is 22.9 Å². The first-order valence-electron chi connectivity index (χ1n) is 21.5. The third-order valence-corrected chi connectivity index (χ3v) is 11.7. The van der Waals surface area contributed by atoms with Gasteiger partial charge in [0.25, 0.3) is 0 Å². The minimum atomic E-state index is -1.44. The number of aliphatic hydroxyl groups excluding tert-OH is 2. The van der Waals surface area contributed by atoms with Crippen molar-refractivity contribution in [3.63, 3.8) is 0 Å². The number of oxime groups is 1. The number of nitrogens with one attached hydrogen (secondary N) is 1. The molecule has 3 aromatic rings. The fourth-order valence-electron chi connectivity index (χ4n) is 9.18. The summed E-state index contributed by atoms with van der Waals surface area (Å²) in [5.74, 6) is -1.25. The molecule has 1 aliphatic heterocycles. The average molecular weight is 824 g/mol. The van der Waals surface area contributed by atoms with Crippen molar-refractivity contribution in [3.05, 3.63) is 120 Å². The van der Waals surface area contributed by atoms with Gasteiger partial charge in [-0.25, -0.2) is 9.59 Å². The van der Waals surface area contributed by atoms with Gasteiger partial charge in [-0.05, 0) is 85.8 Å². The van der Waals surface area contributed by atoms with E-state index in [1.807, 2.05) is 86.6 Å². The maximum atomic E-state index is 14.5. The molecule has 1 fully saturated rings. The lowest BCUT2D eigenvalue weighted by atomic mass is 9.55. The van der Waals surface area contributed by atoms with E-state index in [0.29, 0.717) is 49.6 Å². The van der Waals surface area contributed by atoms with Crippen LogP contribution in [0.4, 0.5) is 9.59 Å². The number of carbonyl (C=O) groups excluding carboxylic acids is 2. The van der Waals surface area contributed by atoms with Crippen molar-refractivity contribution in [2.75, 3.05) is 32.9 Å². The highest BCUT2D eigenvalue weighted by Gasteiger charge is 2.65.